The zero-order valence-electron chi connectivity index (χ0n) is 9.39. The minimum Gasteiger partial charge on any atom is -0.316 e. The van der Waals surface area contributed by atoms with Crippen molar-refractivity contribution in [2.45, 2.75) is 45.1 Å². The van der Waals surface area contributed by atoms with Crippen LogP contribution in [-0.2, 0) is 0 Å². The van der Waals surface area contributed by atoms with Gasteiger partial charge in [0.25, 0.3) is 0 Å². The lowest BCUT2D eigenvalue weighted by Gasteiger charge is -2.34. The van der Waals surface area contributed by atoms with Gasteiger partial charge in [0.1, 0.15) is 0 Å². The quantitative estimate of drug-likeness (QED) is 0.716. The van der Waals surface area contributed by atoms with E-state index in [1.54, 1.807) is 0 Å². The lowest BCUT2D eigenvalue weighted by atomic mass is 9.88. The van der Waals surface area contributed by atoms with Crippen LogP contribution in [0.25, 0.3) is 0 Å². The molecule has 2 aliphatic rings. The molecule has 14 heavy (non-hydrogen) atoms. The van der Waals surface area contributed by atoms with Crippen LogP contribution in [0.2, 0.25) is 0 Å². The molecule has 2 fully saturated rings. The third-order valence-electron chi connectivity index (χ3n) is 3.95. The van der Waals surface area contributed by atoms with Gasteiger partial charge in [0.2, 0.25) is 0 Å². The molecular formula is C12H24N2. The number of rotatable bonds is 4. The first-order chi connectivity index (χ1) is 6.86. The van der Waals surface area contributed by atoms with E-state index in [9.17, 15) is 0 Å². The Morgan fingerprint density at radius 3 is 2.50 bits per heavy atom. The van der Waals surface area contributed by atoms with Crippen molar-refractivity contribution < 1.29 is 0 Å². The first-order valence-corrected chi connectivity index (χ1v) is 6.30. The zero-order valence-corrected chi connectivity index (χ0v) is 9.39. The summed E-state index contributed by atoms with van der Waals surface area (Å²) in [7, 11) is 0. The lowest BCUT2D eigenvalue weighted by molar-refractivity contribution is 0.230. The largest absolute Gasteiger partial charge is 0.316 e. The van der Waals surface area contributed by atoms with Crippen LogP contribution in [0, 0.1) is 11.8 Å². The normalized spacial score (nSPS) is 27.2. The molecule has 0 spiro atoms. The molecular weight excluding hydrogens is 172 g/mol. The number of hydrogen-bond acceptors (Lipinski definition) is 2. The molecule has 2 heteroatoms. The molecule has 82 valence electrons. The van der Waals surface area contributed by atoms with Crippen molar-refractivity contribution in [3.8, 4) is 0 Å². The third kappa shape index (κ3) is 2.71. The second-order valence-corrected chi connectivity index (χ2v) is 5.14. The van der Waals surface area contributed by atoms with Gasteiger partial charge in [-0.05, 0) is 44.3 Å². The summed E-state index contributed by atoms with van der Waals surface area (Å²) in [5.41, 5.74) is 0. The monoisotopic (exact) mass is 196 g/mol. The highest BCUT2D eigenvalue weighted by Gasteiger charge is 2.24. The minimum atomic E-state index is 0.833. The van der Waals surface area contributed by atoms with E-state index in [4.69, 9.17) is 0 Å². The average Bonchev–Trinajstić information content (AvgIpc) is 2.14. The molecule has 1 heterocycles. The van der Waals surface area contributed by atoms with Crippen molar-refractivity contribution in [3.63, 3.8) is 0 Å². The fraction of sp³-hybridized carbons (Fsp3) is 1.00. The van der Waals surface area contributed by atoms with Crippen LogP contribution in [0.5, 0.6) is 0 Å². The predicted octanol–water partition coefficient (Wildman–Crippen LogP) is 1.76. The summed E-state index contributed by atoms with van der Waals surface area (Å²) >= 11 is 0. The Bertz CT molecular complexity index is 158. The number of nitrogens with one attached hydrogen (secondary N) is 2. The molecule has 1 saturated carbocycles. The molecule has 2 nitrogen and oxygen atoms in total. The first kappa shape index (κ1) is 10.4. The summed E-state index contributed by atoms with van der Waals surface area (Å²) < 4.78 is 0. The summed E-state index contributed by atoms with van der Waals surface area (Å²) in [6.45, 7) is 6.11. The van der Waals surface area contributed by atoms with Gasteiger partial charge in [-0.1, -0.05) is 26.2 Å². The highest BCUT2D eigenvalue weighted by molar-refractivity contribution is 4.82. The maximum atomic E-state index is 3.74. The van der Waals surface area contributed by atoms with E-state index in [-0.39, 0.29) is 0 Å². The van der Waals surface area contributed by atoms with Crippen LogP contribution in [-0.4, -0.2) is 25.7 Å². The summed E-state index contributed by atoms with van der Waals surface area (Å²) in [5, 5.41) is 7.09. The molecule has 2 N–H and O–H groups in total. The van der Waals surface area contributed by atoms with Gasteiger partial charge in [-0.15, -0.1) is 0 Å². The van der Waals surface area contributed by atoms with E-state index in [2.05, 4.69) is 17.6 Å². The van der Waals surface area contributed by atoms with Gasteiger partial charge in [0.05, 0.1) is 0 Å². The Balaban J connectivity index is 1.60. The second kappa shape index (κ2) is 5.13. The smallest absolute Gasteiger partial charge is 0.00671 e. The van der Waals surface area contributed by atoms with Crippen LogP contribution >= 0.6 is 0 Å². The third-order valence-corrected chi connectivity index (χ3v) is 3.95. The van der Waals surface area contributed by atoms with Gasteiger partial charge in [-0.25, -0.2) is 0 Å². The summed E-state index contributed by atoms with van der Waals surface area (Å²) in [5.74, 6) is 1.80. The van der Waals surface area contributed by atoms with Gasteiger partial charge < -0.3 is 10.6 Å². The maximum Gasteiger partial charge on any atom is 0.00671 e. The molecule has 0 aromatic heterocycles. The van der Waals surface area contributed by atoms with Crippen LogP contribution in [0.3, 0.4) is 0 Å². The van der Waals surface area contributed by atoms with Crippen LogP contribution in [0.15, 0.2) is 0 Å². The van der Waals surface area contributed by atoms with Gasteiger partial charge in [0.15, 0.2) is 0 Å². The zero-order chi connectivity index (χ0) is 9.80. The van der Waals surface area contributed by atoms with Crippen molar-refractivity contribution in [1.29, 1.82) is 0 Å². The average molecular weight is 196 g/mol. The van der Waals surface area contributed by atoms with Crippen LogP contribution in [0.4, 0.5) is 0 Å². The summed E-state index contributed by atoms with van der Waals surface area (Å²) in [6, 6.07) is 0.833. The molecule has 1 aliphatic carbocycles. The Hall–Kier alpha value is -0.0800. The fourth-order valence-corrected chi connectivity index (χ4v) is 2.54. The van der Waals surface area contributed by atoms with Gasteiger partial charge in [-0.2, -0.15) is 0 Å². The van der Waals surface area contributed by atoms with Gasteiger partial charge >= 0.3 is 0 Å². The highest BCUT2D eigenvalue weighted by atomic mass is 15.0. The van der Waals surface area contributed by atoms with E-state index in [1.165, 1.54) is 51.7 Å². The summed E-state index contributed by atoms with van der Waals surface area (Å²) in [4.78, 5) is 0. The van der Waals surface area contributed by atoms with Crippen LogP contribution < -0.4 is 10.6 Å². The SMILES string of the molecule is CC(CNC1CCCCC1)C1CNC1. The topological polar surface area (TPSA) is 24.1 Å². The second-order valence-electron chi connectivity index (χ2n) is 5.14. The molecule has 1 atom stereocenters. The Morgan fingerprint density at radius 1 is 1.21 bits per heavy atom. The van der Waals surface area contributed by atoms with E-state index < -0.39 is 0 Å². The molecule has 1 unspecified atom stereocenters. The Morgan fingerprint density at radius 2 is 1.93 bits per heavy atom. The number of hydrogen-bond donors (Lipinski definition) is 2. The molecule has 0 radical (unpaired) electrons. The first-order valence-electron chi connectivity index (χ1n) is 6.30. The minimum absolute atomic E-state index is 0.833. The maximum absolute atomic E-state index is 3.74. The van der Waals surface area contributed by atoms with E-state index in [0.29, 0.717) is 0 Å². The van der Waals surface area contributed by atoms with Crippen molar-refractivity contribution in [3.05, 3.63) is 0 Å². The lowest BCUT2D eigenvalue weighted by Crippen LogP contribution is -2.48. The van der Waals surface area contributed by atoms with Crippen LogP contribution in [0.1, 0.15) is 39.0 Å². The van der Waals surface area contributed by atoms with Gasteiger partial charge in [-0.3, -0.25) is 0 Å². The van der Waals surface area contributed by atoms with Gasteiger partial charge in [0, 0.05) is 6.04 Å². The molecule has 0 amide bonds. The van der Waals surface area contributed by atoms with Crippen molar-refractivity contribution >= 4 is 0 Å². The van der Waals surface area contributed by atoms with Crippen molar-refractivity contribution in [2.75, 3.05) is 19.6 Å². The van der Waals surface area contributed by atoms with Crippen molar-refractivity contribution in [2.24, 2.45) is 11.8 Å². The molecule has 1 saturated heterocycles. The molecule has 0 aromatic rings. The van der Waals surface area contributed by atoms with E-state index in [0.717, 1.165) is 17.9 Å². The molecule has 2 rings (SSSR count). The van der Waals surface area contributed by atoms with Crippen molar-refractivity contribution in [1.82, 2.24) is 10.6 Å². The van der Waals surface area contributed by atoms with E-state index >= 15 is 0 Å². The highest BCUT2D eigenvalue weighted by Crippen LogP contribution is 2.19. The standard InChI is InChI=1S/C12H24N2/c1-10(11-8-13-9-11)7-14-12-5-3-2-4-6-12/h10-14H,2-9H2,1H3. The predicted molar refractivity (Wildman–Crippen MR) is 60.4 cm³/mol. The Kier molecular flexibility index (Phi) is 3.82. The fourth-order valence-electron chi connectivity index (χ4n) is 2.54. The molecule has 0 aromatic carbocycles. The molecule has 0 bridgehead atoms. The summed E-state index contributed by atoms with van der Waals surface area (Å²) in [6.07, 6.45) is 7.17. The Labute approximate surface area is 87.8 Å². The van der Waals surface area contributed by atoms with E-state index in [1.807, 2.05) is 0 Å². The molecule has 1 aliphatic heterocycles.